The van der Waals surface area contributed by atoms with Crippen LogP contribution >= 0.6 is 0 Å². The van der Waals surface area contributed by atoms with E-state index < -0.39 is 25.5 Å². The quantitative estimate of drug-likeness (QED) is 0.653. The Morgan fingerprint density at radius 3 is 2.65 bits per heavy atom. The highest BCUT2D eigenvalue weighted by molar-refractivity contribution is 7.92. The minimum absolute atomic E-state index is 0.0702. The second-order valence-electron chi connectivity index (χ2n) is 5.95. The molecule has 0 fully saturated rings. The van der Waals surface area contributed by atoms with Gasteiger partial charge >= 0.3 is 0 Å². The summed E-state index contributed by atoms with van der Waals surface area (Å²) in [5.74, 6) is -0.0702. The first-order chi connectivity index (χ1) is 12.3. The lowest BCUT2D eigenvalue weighted by Crippen LogP contribution is -2.33. The standard InChI is InChI=1S/C17H17N3O5S/c1-12(21)19-10-4-5-13-11-14(8-9-15(13)19)18-26(24,25)17-7-3-2-6-16(17)20(22)23/h2-3,6-9,11,18H,4-5,10H2,1H3. The van der Waals surface area contributed by atoms with Gasteiger partial charge < -0.3 is 4.90 Å². The lowest BCUT2D eigenvalue weighted by Gasteiger charge is -2.29. The molecule has 1 amide bonds. The summed E-state index contributed by atoms with van der Waals surface area (Å²) in [5.41, 5.74) is 1.43. The third-order valence-electron chi connectivity index (χ3n) is 4.18. The molecule has 0 aromatic heterocycles. The minimum Gasteiger partial charge on any atom is -0.312 e. The minimum atomic E-state index is -4.12. The number of rotatable bonds is 4. The van der Waals surface area contributed by atoms with Crippen LogP contribution in [-0.4, -0.2) is 25.8 Å². The molecule has 26 heavy (non-hydrogen) atoms. The number of anilines is 2. The van der Waals surface area contributed by atoms with Crippen molar-refractivity contribution in [2.45, 2.75) is 24.7 Å². The summed E-state index contributed by atoms with van der Waals surface area (Å²) in [6, 6.07) is 10.1. The van der Waals surface area contributed by atoms with Crippen LogP contribution in [0.15, 0.2) is 47.4 Å². The van der Waals surface area contributed by atoms with Crippen molar-refractivity contribution < 1.29 is 18.1 Å². The van der Waals surface area contributed by atoms with E-state index in [-0.39, 0.29) is 5.91 Å². The number of benzene rings is 2. The van der Waals surface area contributed by atoms with E-state index >= 15 is 0 Å². The highest BCUT2D eigenvalue weighted by Gasteiger charge is 2.26. The Hall–Kier alpha value is -2.94. The largest absolute Gasteiger partial charge is 0.312 e. The predicted octanol–water partition coefficient (Wildman–Crippen LogP) is 2.69. The number of aryl methyl sites for hydroxylation is 1. The highest BCUT2D eigenvalue weighted by atomic mass is 32.2. The molecule has 9 heteroatoms. The van der Waals surface area contributed by atoms with Crippen LogP contribution in [0, 0.1) is 10.1 Å². The first-order valence-electron chi connectivity index (χ1n) is 7.97. The number of para-hydroxylation sites is 1. The SMILES string of the molecule is CC(=O)N1CCCc2cc(NS(=O)(=O)c3ccccc3[N+](=O)[O-])ccc21. The number of fused-ring (bicyclic) bond motifs is 1. The van der Waals surface area contributed by atoms with Crippen molar-refractivity contribution in [1.29, 1.82) is 0 Å². The average Bonchev–Trinajstić information content (AvgIpc) is 2.60. The summed E-state index contributed by atoms with van der Waals surface area (Å²) in [7, 11) is -4.12. The van der Waals surface area contributed by atoms with E-state index in [9.17, 15) is 23.3 Å². The molecule has 0 radical (unpaired) electrons. The van der Waals surface area contributed by atoms with Gasteiger partial charge in [0.1, 0.15) is 0 Å². The van der Waals surface area contributed by atoms with Gasteiger partial charge in [0.05, 0.1) is 4.92 Å². The molecule has 0 bridgehead atoms. The molecule has 1 N–H and O–H groups in total. The molecule has 0 atom stereocenters. The number of sulfonamides is 1. The monoisotopic (exact) mass is 375 g/mol. The molecule has 0 aliphatic carbocycles. The van der Waals surface area contributed by atoms with E-state index in [2.05, 4.69) is 4.72 Å². The van der Waals surface area contributed by atoms with Crippen molar-refractivity contribution in [2.75, 3.05) is 16.2 Å². The lowest BCUT2D eigenvalue weighted by atomic mass is 10.0. The zero-order valence-electron chi connectivity index (χ0n) is 14.0. The molecule has 0 saturated heterocycles. The molecular weight excluding hydrogens is 358 g/mol. The van der Waals surface area contributed by atoms with Crippen molar-refractivity contribution in [3.05, 3.63) is 58.1 Å². The Morgan fingerprint density at radius 1 is 1.23 bits per heavy atom. The second-order valence-corrected chi connectivity index (χ2v) is 7.60. The molecular formula is C17H17N3O5S. The van der Waals surface area contributed by atoms with Gasteiger partial charge in [-0.2, -0.15) is 0 Å². The van der Waals surface area contributed by atoms with E-state index in [1.165, 1.54) is 25.1 Å². The molecule has 136 valence electrons. The summed E-state index contributed by atoms with van der Waals surface area (Å²) in [5, 5.41) is 11.1. The average molecular weight is 375 g/mol. The molecule has 0 unspecified atom stereocenters. The maximum atomic E-state index is 12.6. The molecule has 0 saturated carbocycles. The number of nitro benzene ring substituents is 1. The first-order valence-corrected chi connectivity index (χ1v) is 9.45. The number of carbonyl (C=O) groups excluding carboxylic acids is 1. The van der Waals surface area contributed by atoms with Crippen molar-refractivity contribution in [1.82, 2.24) is 0 Å². The Bertz CT molecular complexity index is 988. The number of hydrogen-bond acceptors (Lipinski definition) is 5. The number of nitro groups is 1. The van der Waals surface area contributed by atoms with E-state index in [1.54, 1.807) is 23.1 Å². The maximum Gasteiger partial charge on any atom is 0.289 e. The van der Waals surface area contributed by atoms with Crippen LogP contribution in [0.3, 0.4) is 0 Å². The summed E-state index contributed by atoms with van der Waals surface area (Å²) >= 11 is 0. The van der Waals surface area contributed by atoms with Gasteiger partial charge in [0, 0.05) is 30.9 Å². The van der Waals surface area contributed by atoms with Crippen LogP contribution in [0.4, 0.5) is 17.1 Å². The van der Waals surface area contributed by atoms with Gasteiger partial charge in [-0.05, 0) is 42.7 Å². The lowest BCUT2D eigenvalue weighted by molar-refractivity contribution is -0.387. The summed E-state index contributed by atoms with van der Waals surface area (Å²) in [6.07, 6.45) is 1.51. The van der Waals surface area contributed by atoms with E-state index in [0.29, 0.717) is 12.2 Å². The summed E-state index contributed by atoms with van der Waals surface area (Å²) in [6.45, 7) is 2.11. The van der Waals surface area contributed by atoms with Crippen LogP contribution in [0.25, 0.3) is 0 Å². The van der Waals surface area contributed by atoms with Crippen LogP contribution in [-0.2, 0) is 21.2 Å². The molecule has 2 aromatic carbocycles. The second kappa shape index (κ2) is 6.75. The number of nitrogens with zero attached hydrogens (tertiary/aromatic N) is 2. The summed E-state index contributed by atoms with van der Waals surface area (Å²) in [4.78, 5) is 23.3. The van der Waals surface area contributed by atoms with Crippen LogP contribution < -0.4 is 9.62 Å². The number of nitrogens with one attached hydrogen (secondary N) is 1. The Morgan fingerprint density at radius 2 is 1.96 bits per heavy atom. The summed E-state index contributed by atoms with van der Waals surface area (Å²) < 4.78 is 27.6. The van der Waals surface area contributed by atoms with Gasteiger partial charge in [-0.1, -0.05) is 12.1 Å². The van der Waals surface area contributed by atoms with Crippen LogP contribution in [0.2, 0.25) is 0 Å². The van der Waals surface area contributed by atoms with Gasteiger partial charge in [-0.15, -0.1) is 0 Å². The third-order valence-corrected chi connectivity index (χ3v) is 5.61. The number of carbonyl (C=O) groups is 1. The number of hydrogen-bond donors (Lipinski definition) is 1. The van der Waals surface area contributed by atoms with Gasteiger partial charge in [-0.3, -0.25) is 19.6 Å². The van der Waals surface area contributed by atoms with Crippen LogP contribution in [0.5, 0.6) is 0 Å². The first kappa shape index (κ1) is 17.9. The fourth-order valence-corrected chi connectivity index (χ4v) is 4.26. The van der Waals surface area contributed by atoms with Crippen molar-refractivity contribution in [3.63, 3.8) is 0 Å². The van der Waals surface area contributed by atoms with Crippen molar-refractivity contribution in [3.8, 4) is 0 Å². The topological polar surface area (TPSA) is 110 Å². The fraction of sp³-hybridized carbons (Fsp3) is 0.235. The smallest absolute Gasteiger partial charge is 0.289 e. The Labute approximate surface area is 150 Å². The normalized spacial score (nSPS) is 13.8. The van der Waals surface area contributed by atoms with E-state index in [0.717, 1.165) is 30.2 Å². The Balaban J connectivity index is 1.95. The molecule has 3 rings (SSSR count). The zero-order valence-corrected chi connectivity index (χ0v) is 14.8. The number of amides is 1. The van der Waals surface area contributed by atoms with Crippen LogP contribution in [0.1, 0.15) is 18.9 Å². The molecule has 2 aromatic rings. The van der Waals surface area contributed by atoms with Gasteiger partial charge in [0.25, 0.3) is 15.7 Å². The third kappa shape index (κ3) is 3.38. The van der Waals surface area contributed by atoms with Gasteiger partial charge in [0.15, 0.2) is 4.90 Å². The molecule has 1 aliphatic heterocycles. The van der Waals surface area contributed by atoms with Crippen molar-refractivity contribution in [2.24, 2.45) is 0 Å². The van der Waals surface area contributed by atoms with Gasteiger partial charge in [-0.25, -0.2) is 8.42 Å². The Kier molecular flexibility index (Phi) is 4.64. The molecule has 1 heterocycles. The predicted molar refractivity (Wildman–Crippen MR) is 96.7 cm³/mol. The van der Waals surface area contributed by atoms with Gasteiger partial charge in [0.2, 0.25) is 5.91 Å². The highest BCUT2D eigenvalue weighted by Crippen LogP contribution is 2.31. The molecule has 8 nitrogen and oxygen atoms in total. The fourth-order valence-electron chi connectivity index (χ4n) is 3.03. The zero-order chi connectivity index (χ0) is 18.9. The maximum absolute atomic E-state index is 12.6. The van der Waals surface area contributed by atoms with Crippen molar-refractivity contribution >= 4 is 33.0 Å². The van der Waals surface area contributed by atoms with E-state index in [1.807, 2.05) is 0 Å². The molecule has 0 spiro atoms. The van der Waals surface area contributed by atoms with E-state index in [4.69, 9.17) is 0 Å². The molecule has 1 aliphatic rings.